The zero-order valence-electron chi connectivity index (χ0n) is 9.61. The quantitative estimate of drug-likeness (QED) is 0.893. The Bertz CT molecular complexity index is 543. The first-order valence-corrected chi connectivity index (χ1v) is 7.88. The lowest BCUT2D eigenvalue weighted by atomic mass is 10.2. The first kappa shape index (κ1) is 12.9. The third kappa shape index (κ3) is 2.34. The second-order valence-electron chi connectivity index (χ2n) is 4.19. The Labute approximate surface area is 110 Å². The lowest BCUT2D eigenvalue weighted by molar-refractivity contribution is 0.589. The summed E-state index contributed by atoms with van der Waals surface area (Å²) in [7, 11) is -3.15. The van der Waals surface area contributed by atoms with Crippen molar-refractivity contribution in [3.8, 4) is 0 Å². The average molecular weight is 319 g/mol. The summed E-state index contributed by atoms with van der Waals surface area (Å²) in [5, 5.41) is 0. The molecule has 0 aliphatic carbocycles. The molecule has 6 heteroatoms. The van der Waals surface area contributed by atoms with Crippen molar-refractivity contribution in [2.24, 2.45) is 5.73 Å². The number of nitrogens with zero attached hydrogens (tertiary/aromatic N) is 1. The SMILES string of the molecule is Cc1cc(Br)c2c(c1)S(=O)(=O)CCN2CCN. The Hall–Kier alpha value is -0.590. The molecule has 0 amide bonds. The molecule has 94 valence electrons. The first-order chi connectivity index (χ1) is 7.95. The minimum Gasteiger partial charge on any atom is -0.367 e. The van der Waals surface area contributed by atoms with Gasteiger partial charge < -0.3 is 10.6 Å². The molecule has 0 saturated heterocycles. The van der Waals surface area contributed by atoms with Gasteiger partial charge in [0, 0.05) is 24.1 Å². The van der Waals surface area contributed by atoms with E-state index in [1.807, 2.05) is 17.9 Å². The number of hydrogen-bond acceptors (Lipinski definition) is 4. The summed E-state index contributed by atoms with van der Waals surface area (Å²) in [6.45, 7) is 3.58. The number of sulfone groups is 1. The number of fused-ring (bicyclic) bond motifs is 1. The monoisotopic (exact) mass is 318 g/mol. The summed E-state index contributed by atoms with van der Waals surface area (Å²) in [4.78, 5) is 2.45. The Morgan fingerprint density at radius 2 is 2.18 bits per heavy atom. The topological polar surface area (TPSA) is 63.4 Å². The van der Waals surface area contributed by atoms with Crippen molar-refractivity contribution in [3.05, 3.63) is 22.2 Å². The van der Waals surface area contributed by atoms with Crippen molar-refractivity contribution >= 4 is 31.5 Å². The van der Waals surface area contributed by atoms with Gasteiger partial charge in [-0.2, -0.15) is 0 Å². The number of halogens is 1. The second kappa shape index (κ2) is 4.59. The summed E-state index contributed by atoms with van der Waals surface area (Å²) >= 11 is 3.45. The van der Waals surface area contributed by atoms with E-state index in [-0.39, 0.29) is 5.75 Å². The molecule has 2 N–H and O–H groups in total. The van der Waals surface area contributed by atoms with Crippen LogP contribution in [0.25, 0.3) is 0 Å². The molecule has 1 heterocycles. The molecular formula is C11H15BrN2O2S. The van der Waals surface area contributed by atoms with E-state index in [9.17, 15) is 8.42 Å². The maximum absolute atomic E-state index is 12.0. The summed E-state index contributed by atoms with van der Waals surface area (Å²) in [6, 6.07) is 3.67. The van der Waals surface area contributed by atoms with Crippen molar-refractivity contribution in [2.75, 3.05) is 30.3 Å². The second-order valence-corrected chi connectivity index (χ2v) is 7.12. The van der Waals surface area contributed by atoms with E-state index in [0.29, 0.717) is 24.5 Å². The number of aryl methyl sites for hydroxylation is 1. The van der Waals surface area contributed by atoms with Gasteiger partial charge in [-0.05, 0) is 40.5 Å². The van der Waals surface area contributed by atoms with Crippen LogP contribution < -0.4 is 10.6 Å². The average Bonchev–Trinajstić information content (AvgIpc) is 2.22. The van der Waals surface area contributed by atoms with E-state index in [0.717, 1.165) is 15.7 Å². The molecule has 1 aromatic rings. The van der Waals surface area contributed by atoms with Gasteiger partial charge >= 0.3 is 0 Å². The molecule has 1 aromatic carbocycles. The molecule has 0 radical (unpaired) electrons. The predicted molar refractivity (Wildman–Crippen MR) is 72.2 cm³/mol. The number of nitrogens with two attached hydrogens (primary N) is 1. The molecule has 2 rings (SSSR count). The van der Waals surface area contributed by atoms with Crippen LogP contribution in [0.2, 0.25) is 0 Å². The summed E-state index contributed by atoms with van der Waals surface area (Å²) in [5.41, 5.74) is 7.25. The van der Waals surface area contributed by atoms with Gasteiger partial charge in [0.1, 0.15) is 0 Å². The maximum atomic E-state index is 12.0. The molecule has 1 aliphatic rings. The van der Waals surface area contributed by atoms with Crippen molar-refractivity contribution in [3.63, 3.8) is 0 Å². The molecule has 0 atom stereocenters. The maximum Gasteiger partial charge on any atom is 0.182 e. The van der Waals surface area contributed by atoms with Crippen LogP contribution >= 0.6 is 15.9 Å². The van der Waals surface area contributed by atoms with Crippen LogP contribution in [0.5, 0.6) is 0 Å². The minimum absolute atomic E-state index is 0.163. The Kier molecular flexibility index (Phi) is 3.47. The third-order valence-electron chi connectivity index (χ3n) is 2.85. The lowest BCUT2D eigenvalue weighted by Crippen LogP contribution is -2.38. The molecule has 4 nitrogen and oxygen atoms in total. The highest BCUT2D eigenvalue weighted by Gasteiger charge is 2.29. The van der Waals surface area contributed by atoms with E-state index in [2.05, 4.69) is 15.9 Å². The summed E-state index contributed by atoms with van der Waals surface area (Å²) in [5.74, 6) is 0.163. The highest BCUT2D eigenvalue weighted by molar-refractivity contribution is 9.10. The number of hydrogen-bond donors (Lipinski definition) is 1. The van der Waals surface area contributed by atoms with Gasteiger partial charge in [0.25, 0.3) is 0 Å². The van der Waals surface area contributed by atoms with Crippen molar-refractivity contribution in [1.82, 2.24) is 0 Å². The van der Waals surface area contributed by atoms with E-state index in [1.54, 1.807) is 6.07 Å². The molecule has 0 unspecified atom stereocenters. The van der Waals surface area contributed by atoms with E-state index >= 15 is 0 Å². The normalized spacial score (nSPS) is 17.9. The van der Waals surface area contributed by atoms with Gasteiger partial charge in [0.2, 0.25) is 0 Å². The summed E-state index contributed by atoms with van der Waals surface area (Å²) < 4.78 is 24.9. The molecule has 1 aliphatic heterocycles. The predicted octanol–water partition coefficient (Wildman–Crippen LogP) is 1.31. The summed E-state index contributed by atoms with van der Waals surface area (Å²) in [6.07, 6.45) is 0. The van der Waals surface area contributed by atoms with Crippen molar-refractivity contribution in [2.45, 2.75) is 11.8 Å². The van der Waals surface area contributed by atoms with Crippen LogP contribution in [0.3, 0.4) is 0 Å². The van der Waals surface area contributed by atoms with Gasteiger partial charge in [-0.3, -0.25) is 0 Å². The van der Waals surface area contributed by atoms with Crippen LogP contribution in [-0.2, 0) is 9.84 Å². The molecule has 17 heavy (non-hydrogen) atoms. The van der Waals surface area contributed by atoms with Crippen LogP contribution in [-0.4, -0.2) is 33.8 Å². The van der Waals surface area contributed by atoms with Crippen LogP contribution in [0.1, 0.15) is 5.56 Å². The molecule has 0 spiro atoms. The van der Waals surface area contributed by atoms with Gasteiger partial charge in [-0.25, -0.2) is 8.42 Å². The molecule has 0 fully saturated rings. The van der Waals surface area contributed by atoms with Gasteiger partial charge in [-0.1, -0.05) is 0 Å². The number of anilines is 1. The third-order valence-corrected chi connectivity index (χ3v) is 5.16. The Morgan fingerprint density at radius 1 is 1.47 bits per heavy atom. The van der Waals surface area contributed by atoms with Gasteiger partial charge in [-0.15, -0.1) is 0 Å². The standard InChI is InChI=1S/C11H15BrN2O2S/c1-8-6-9(12)11-10(7-8)17(15,16)5-4-14(11)3-2-13/h6-7H,2-5,13H2,1H3. The largest absolute Gasteiger partial charge is 0.367 e. The fourth-order valence-corrected chi connectivity index (χ4v) is 4.61. The van der Waals surface area contributed by atoms with E-state index in [1.165, 1.54) is 0 Å². The van der Waals surface area contributed by atoms with E-state index in [4.69, 9.17) is 5.73 Å². The smallest absolute Gasteiger partial charge is 0.182 e. The fourth-order valence-electron chi connectivity index (χ4n) is 2.08. The zero-order chi connectivity index (χ0) is 12.6. The Balaban J connectivity index is 2.64. The lowest BCUT2D eigenvalue weighted by Gasteiger charge is -2.31. The van der Waals surface area contributed by atoms with Crippen LogP contribution in [0.4, 0.5) is 5.69 Å². The zero-order valence-corrected chi connectivity index (χ0v) is 12.0. The van der Waals surface area contributed by atoms with Crippen LogP contribution in [0.15, 0.2) is 21.5 Å². The van der Waals surface area contributed by atoms with E-state index < -0.39 is 9.84 Å². The fraction of sp³-hybridized carbons (Fsp3) is 0.455. The molecule has 0 saturated carbocycles. The van der Waals surface area contributed by atoms with Crippen molar-refractivity contribution < 1.29 is 8.42 Å². The molecule has 0 bridgehead atoms. The molecule has 0 aromatic heterocycles. The molecular weight excluding hydrogens is 304 g/mol. The minimum atomic E-state index is -3.15. The highest BCUT2D eigenvalue weighted by atomic mass is 79.9. The number of rotatable bonds is 2. The Morgan fingerprint density at radius 3 is 2.82 bits per heavy atom. The van der Waals surface area contributed by atoms with Crippen molar-refractivity contribution in [1.29, 1.82) is 0 Å². The van der Waals surface area contributed by atoms with Crippen LogP contribution in [0, 0.1) is 6.92 Å². The number of benzene rings is 1. The highest BCUT2D eigenvalue weighted by Crippen LogP contribution is 2.37. The first-order valence-electron chi connectivity index (χ1n) is 5.43. The van der Waals surface area contributed by atoms with Gasteiger partial charge in [0.15, 0.2) is 9.84 Å². The van der Waals surface area contributed by atoms with Gasteiger partial charge in [0.05, 0.1) is 16.3 Å².